The molecule has 0 bridgehead atoms. The molecular weight excluding hydrogens is 332 g/mol. The van der Waals surface area contributed by atoms with Crippen molar-refractivity contribution in [2.45, 2.75) is 58.2 Å². The second kappa shape index (κ2) is 6.09. The summed E-state index contributed by atoms with van der Waals surface area (Å²) in [5.41, 5.74) is -0.152. The first-order valence-corrected chi connectivity index (χ1v) is 8.77. The molecule has 0 unspecified atom stereocenters. The smallest absolute Gasteiger partial charge is 0.202 e. The number of ether oxygens (including phenoxy) is 1. The molecule has 1 saturated heterocycles. The molecular formula is C21H24O5. The number of phenolic OH excluding ortho intramolecular Hbond substituents is 2. The standard InChI is InChI=1S/C21H24O5/c1-12(2)6-5-7-13(3)8-9-21-18(24)15-10-14(22)11-16(23)17(15)19(25)20(21,4)26-21/h6,8,10-11,22-23H,5,7,9H2,1-4H3/t20-,21+/m0/s1. The highest BCUT2D eigenvalue weighted by molar-refractivity contribution is 6.26. The number of benzene rings is 1. The zero-order chi connectivity index (χ0) is 19.3. The monoisotopic (exact) mass is 356 g/mol. The van der Waals surface area contributed by atoms with Crippen LogP contribution < -0.4 is 0 Å². The average molecular weight is 356 g/mol. The van der Waals surface area contributed by atoms with Crippen LogP contribution in [0.15, 0.2) is 35.4 Å². The molecule has 26 heavy (non-hydrogen) atoms. The van der Waals surface area contributed by atoms with Gasteiger partial charge in [0.15, 0.2) is 17.0 Å². The van der Waals surface area contributed by atoms with E-state index in [2.05, 4.69) is 19.9 Å². The number of rotatable bonds is 5. The van der Waals surface area contributed by atoms with E-state index >= 15 is 0 Å². The van der Waals surface area contributed by atoms with Gasteiger partial charge < -0.3 is 14.9 Å². The lowest BCUT2D eigenvalue weighted by molar-refractivity contribution is 0.0844. The molecule has 3 rings (SSSR count). The molecule has 138 valence electrons. The van der Waals surface area contributed by atoms with Gasteiger partial charge in [0.1, 0.15) is 11.5 Å². The van der Waals surface area contributed by atoms with E-state index in [-0.39, 0.29) is 22.7 Å². The molecule has 5 nitrogen and oxygen atoms in total. The zero-order valence-electron chi connectivity index (χ0n) is 15.5. The number of phenols is 2. The Balaban J connectivity index is 1.89. The second-order valence-electron chi connectivity index (χ2n) is 7.58. The van der Waals surface area contributed by atoms with Crippen LogP contribution in [0.1, 0.15) is 67.7 Å². The van der Waals surface area contributed by atoms with Gasteiger partial charge in [-0.25, -0.2) is 0 Å². The summed E-state index contributed by atoms with van der Waals surface area (Å²) in [7, 11) is 0. The van der Waals surface area contributed by atoms with Gasteiger partial charge in [-0.1, -0.05) is 23.3 Å². The number of aromatic hydroxyl groups is 2. The normalized spacial score (nSPS) is 27.0. The molecule has 1 aliphatic heterocycles. The van der Waals surface area contributed by atoms with Crippen molar-refractivity contribution in [2.24, 2.45) is 0 Å². The Kier molecular flexibility index (Phi) is 4.31. The first kappa shape index (κ1) is 18.4. The number of carbonyl (C=O) groups is 2. The molecule has 2 atom stereocenters. The van der Waals surface area contributed by atoms with Crippen LogP contribution in [0.3, 0.4) is 0 Å². The third kappa shape index (κ3) is 2.67. The third-order valence-electron chi connectivity index (χ3n) is 5.31. The number of Topliss-reactive ketones (excluding diaryl/α,β-unsaturated/α-hetero) is 2. The highest BCUT2D eigenvalue weighted by Gasteiger charge is 2.77. The van der Waals surface area contributed by atoms with Gasteiger partial charge in [0, 0.05) is 18.1 Å². The van der Waals surface area contributed by atoms with Crippen molar-refractivity contribution in [1.29, 1.82) is 0 Å². The van der Waals surface area contributed by atoms with Gasteiger partial charge in [0.2, 0.25) is 5.78 Å². The summed E-state index contributed by atoms with van der Waals surface area (Å²) in [5, 5.41) is 19.7. The highest BCUT2D eigenvalue weighted by Crippen LogP contribution is 2.58. The van der Waals surface area contributed by atoms with E-state index in [1.807, 2.05) is 13.0 Å². The van der Waals surface area contributed by atoms with E-state index in [1.165, 1.54) is 11.6 Å². The van der Waals surface area contributed by atoms with Crippen LogP contribution in [-0.2, 0) is 4.74 Å². The molecule has 5 heteroatoms. The summed E-state index contributed by atoms with van der Waals surface area (Å²) in [6, 6.07) is 2.29. The lowest BCUT2D eigenvalue weighted by Crippen LogP contribution is -2.43. The third-order valence-corrected chi connectivity index (χ3v) is 5.31. The molecule has 0 aromatic heterocycles. The van der Waals surface area contributed by atoms with Crippen LogP contribution in [0.25, 0.3) is 0 Å². The fourth-order valence-corrected chi connectivity index (χ4v) is 3.64. The number of ketones is 2. The number of hydrogen-bond acceptors (Lipinski definition) is 5. The lowest BCUT2D eigenvalue weighted by atomic mass is 9.73. The van der Waals surface area contributed by atoms with Gasteiger partial charge in [-0.3, -0.25) is 9.59 Å². The highest BCUT2D eigenvalue weighted by atomic mass is 16.6. The molecule has 1 aromatic carbocycles. The minimum Gasteiger partial charge on any atom is -0.508 e. The van der Waals surface area contributed by atoms with Crippen molar-refractivity contribution in [3.8, 4) is 11.5 Å². The molecule has 2 N–H and O–H groups in total. The molecule has 1 heterocycles. The van der Waals surface area contributed by atoms with Crippen molar-refractivity contribution >= 4 is 11.6 Å². The Bertz CT molecular complexity index is 859. The Morgan fingerprint density at radius 3 is 2.46 bits per heavy atom. The zero-order valence-corrected chi connectivity index (χ0v) is 15.5. The van der Waals surface area contributed by atoms with Crippen LogP contribution in [-0.4, -0.2) is 33.0 Å². The first-order valence-electron chi connectivity index (χ1n) is 8.77. The molecule has 0 amide bonds. The van der Waals surface area contributed by atoms with Crippen LogP contribution >= 0.6 is 0 Å². The summed E-state index contributed by atoms with van der Waals surface area (Å²) < 4.78 is 5.70. The van der Waals surface area contributed by atoms with Crippen molar-refractivity contribution in [3.05, 3.63) is 46.6 Å². The van der Waals surface area contributed by atoms with E-state index in [4.69, 9.17) is 4.74 Å². The fourth-order valence-electron chi connectivity index (χ4n) is 3.64. The maximum atomic E-state index is 13.0. The average Bonchev–Trinajstić information content (AvgIpc) is 3.18. The van der Waals surface area contributed by atoms with E-state index in [1.54, 1.807) is 6.92 Å². The maximum Gasteiger partial charge on any atom is 0.202 e. The van der Waals surface area contributed by atoms with Crippen molar-refractivity contribution < 1.29 is 24.5 Å². The van der Waals surface area contributed by atoms with Gasteiger partial charge in [-0.15, -0.1) is 0 Å². The van der Waals surface area contributed by atoms with E-state index in [9.17, 15) is 19.8 Å². The Labute approximate surface area is 153 Å². The van der Waals surface area contributed by atoms with Crippen LogP contribution in [0, 0.1) is 0 Å². The quantitative estimate of drug-likeness (QED) is 0.613. The Hall–Kier alpha value is -2.40. The lowest BCUT2D eigenvalue weighted by Gasteiger charge is -2.23. The Morgan fingerprint density at radius 1 is 1.12 bits per heavy atom. The second-order valence-corrected chi connectivity index (χ2v) is 7.58. The molecule has 0 radical (unpaired) electrons. The summed E-state index contributed by atoms with van der Waals surface area (Å²) >= 11 is 0. The summed E-state index contributed by atoms with van der Waals surface area (Å²) in [5.74, 6) is -1.43. The van der Waals surface area contributed by atoms with Gasteiger partial charge in [-0.2, -0.15) is 0 Å². The van der Waals surface area contributed by atoms with Gasteiger partial charge >= 0.3 is 0 Å². The predicted octanol–water partition coefficient (Wildman–Crippen LogP) is 4.09. The number of carbonyl (C=O) groups excluding carboxylic acids is 2. The van der Waals surface area contributed by atoms with Crippen LogP contribution in [0.2, 0.25) is 0 Å². The molecule has 0 spiro atoms. The molecule has 1 aliphatic carbocycles. The summed E-state index contributed by atoms with van der Waals surface area (Å²) in [6.45, 7) is 7.69. The molecule has 0 saturated carbocycles. The van der Waals surface area contributed by atoms with E-state index < -0.39 is 22.7 Å². The maximum absolute atomic E-state index is 13.0. The van der Waals surface area contributed by atoms with E-state index in [0.717, 1.165) is 24.5 Å². The number of fused-ring (bicyclic) bond motifs is 2. The minimum absolute atomic E-state index is 0.0260. The van der Waals surface area contributed by atoms with Crippen molar-refractivity contribution in [3.63, 3.8) is 0 Å². The van der Waals surface area contributed by atoms with E-state index in [0.29, 0.717) is 6.42 Å². The predicted molar refractivity (Wildman–Crippen MR) is 97.7 cm³/mol. The largest absolute Gasteiger partial charge is 0.508 e. The van der Waals surface area contributed by atoms with Crippen LogP contribution in [0.5, 0.6) is 11.5 Å². The molecule has 2 aliphatic rings. The van der Waals surface area contributed by atoms with Gasteiger partial charge in [-0.05, 0) is 46.6 Å². The first-order chi connectivity index (χ1) is 12.1. The Morgan fingerprint density at radius 2 is 1.81 bits per heavy atom. The molecule has 1 fully saturated rings. The summed E-state index contributed by atoms with van der Waals surface area (Å²) in [6.07, 6.45) is 6.20. The SMILES string of the molecule is CC(C)=CCCC(C)=CC[C@]12O[C@@]1(C)C(=O)c1c(O)cc(O)cc1C2=O. The van der Waals surface area contributed by atoms with Gasteiger partial charge in [0.25, 0.3) is 0 Å². The molecule has 1 aromatic rings. The summed E-state index contributed by atoms with van der Waals surface area (Å²) in [4.78, 5) is 25.8. The number of hydrogen-bond donors (Lipinski definition) is 2. The number of epoxide rings is 1. The van der Waals surface area contributed by atoms with Crippen molar-refractivity contribution in [1.82, 2.24) is 0 Å². The van der Waals surface area contributed by atoms with Crippen LogP contribution in [0.4, 0.5) is 0 Å². The number of allylic oxidation sites excluding steroid dienone is 3. The van der Waals surface area contributed by atoms with Gasteiger partial charge in [0.05, 0.1) is 5.56 Å². The minimum atomic E-state index is -1.26. The topological polar surface area (TPSA) is 87.1 Å². The fraction of sp³-hybridized carbons (Fsp3) is 0.429. The van der Waals surface area contributed by atoms with Crippen molar-refractivity contribution in [2.75, 3.05) is 0 Å².